The molecule has 0 unspecified atom stereocenters. The van der Waals surface area contributed by atoms with Crippen molar-refractivity contribution in [3.8, 4) is 28.2 Å². The lowest BCUT2D eigenvalue weighted by atomic mass is 9.99. The molecule has 0 saturated heterocycles. The fourth-order valence-electron chi connectivity index (χ4n) is 12.8. The third-order valence-corrected chi connectivity index (χ3v) is 18.7. The molecule has 6 heteroatoms. The van der Waals surface area contributed by atoms with Crippen molar-refractivity contribution >= 4 is 145 Å². The predicted octanol–water partition coefficient (Wildman–Crippen LogP) is 20.6. The summed E-state index contributed by atoms with van der Waals surface area (Å²) in [6.45, 7) is 4.72. The van der Waals surface area contributed by atoms with Crippen molar-refractivity contribution in [2.45, 2.75) is 0 Å². The molecule has 78 heavy (non-hydrogen) atoms. The molecule has 1 aliphatic heterocycles. The molecule has 6 heterocycles. The standard InChI is InChI=1S/C72H44N4S2/c1-44-15-13-14-38-73(48-28-35-68-59(41-48)60-43-50(29-36-69(60)77-68)75-61-22-9-5-18-51(61)52-19-6-10-23-62(52)75)67-34-31-55-58-42-49(30-37-70(58)78-72(55)71(44)67)76-64-25-12-8-21-54(64)57-40-46(27-33-66(57)76)45-26-32-65-56(39-45)53-20-7-11-24-63(53)74(65)47-16-3-2-4-17-47/h2-43H,1H2/b15-13-,38-14-. The molecule has 364 valence electrons. The summed E-state index contributed by atoms with van der Waals surface area (Å²) in [7, 11) is 0. The van der Waals surface area contributed by atoms with Crippen LogP contribution < -0.4 is 4.90 Å². The predicted molar refractivity (Wildman–Crippen MR) is 337 cm³/mol. The summed E-state index contributed by atoms with van der Waals surface area (Å²) in [6.07, 6.45) is 8.61. The van der Waals surface area contributed by atoms with Crippen LogP contribution in [0.2, 0.25) is 0 Å². The summed E-state index contributed by atoms with van der Waals surface area (Å²) >= 11 is 3.72. The zero-order valence-electron chi connectivity index (χ0n) is 42.1. The molecule has 16 aromatic rings. The van der Waals surface area contributed by atoms with E-state index in [0.717, 1.165) is 28.2 Å². The lowest BCUT2D eigenvalue weighted by Gasteiger charge is -2.25. The van der Waals surface area contributed by atoms with Gasteiger partial charge in [0, 0.05) is 107 Å². The average molecular weight is 1030 g/mol. The van der Waals surface area contributed by atoms with Crippen LogP contribution in [0, 0.1) is 0 Å². The average Bonchev–Trinajstić information content (AvgIpc) is 4.41. The highest BCUT2D eigenvalue weighted by molar-refractivity contribution is 7.26. The van der Waals surface area contributed by atoms with Crippen LogP contribution in [-0.4, -0.2) is 13.7 Å². The van der Waals surface area contributed by atoms with Gasteiger partial charge in [-0.3, -0.25) is 0 Å². The molecule has 0 fully saturated rings. The Morgan fingerprint density at radius 1 is 0.308 bits per heavy atom. The van der Waals surface area contributed by atoms with Gasteiger partial charge in [0.05, 0.1) is 38.8 Å². The third kappa shape index (κ3) is 6.33. The Kier molecular flexibility index (Phi) is 9.28. The Hall–Kier alpha value is -9.72. The van der Waals surface area contributed by atoms with Crippen LogP contribution in [0.4, 0.5) is 11.4 Å². The molecule has 5 aromatic heterocycles. The number of thiophene rings is 2. The zero-order valence-corrected chi connectivity index (χ0v) is 43.7. The Morgan fingerprint density at radius 3 is 1.32 bits per heavy atom. The second-order valence-corrected chi connectivity index (χ2v) is 22.7. The summed E-state index contributed by atoms with van der Waals surface area (Å²) in [5, 5.41) is 12.5. The van der Waals surface area contributed by atoms with Crippen molar-refractivity contribution in [1.29, 1.82) is 0 Å². The number of aromatic nitrogens is 3. The normalized spacial score (nSPS) is 13.8. The number of benzene rings is 11. The molecule has 0 N–H and O–H groups in total. The Labute approximate surface area is 456 Å². The van der Waals surface area contributed by atoms with E-state index in [2.05, 4.69) is 274 Å². The number of hydrogen-bond donors (Lipinski definition) is 0. The first kappa shape index (κ1) is 43.5. The topological polar surface area (TPSA) is 18.0 Å². The van der Waals surface area contributed by atoms with Crippen molar-refractivity contribution in [2.24, 2.45) is 0 Å². The van der Waals surface area contributed by atoms with Crippen LogP contribution in [-0.2, 0) is 0 Å². The largest absolute Gasteiger partial charge is 0.316 e. The molecule has 17 rings (SSSR count). The second kappa shape index (κ2) is 16.6. The van der Waals surface area contributed by atoms with Gasteiger partial charge in [-0.2, -0.15) is 0 Å². The molecule has 11 aromatic carbocycles. The Morgan fingerprint density at radius 2 is 0.756 bits per heavy atom. The van der Waals surface area contributed by atoms with Crippen LogP contribution in [0.5, 0.6) is 0 Å². The highest BCUT2D eigenvalue weighted by atomic mass is 32.1. The maximum absolute atomic E-state index is 4.72. The van der Waals surface area contributed by atoms with Gasteiger partial charge in [-0.05, 0) is 144 Å². The van der Waals surface area contributed by atoms with Crippen molar-refractivity contribution < 1.29 is 0 Å². The molecule has 0 saturated carbocycles. The van der Waals surface area contributed by atoms with E-state index in [1.807, 2.05) is 22.7 Å². The van der Waals surface area contributed by atoms with Gasteiger partial charge in [0.15, 0.2) is 0 Å². The SMILES string of the molecule is C=C1/C=C\C=C/N(c2ccc3sc4ccc(-n5c6ccccc6c6ccccc65)cc4c3c2)c2ccc3c(sc4ccc(-n5c6ccccc6c6cc(-c7ccc8c(c7)c7ccccc7n8-c7ccccc7)ccc65)cc43)c21. The highest BCUT2D eigenvalue weighted by Crippen LogP contribution is 2.48. The number of hydrogen-bond acceptors (Lipinski definition) is 3. The highest BCUT2D eigenvalue weighted by Gasteiger charge is 2.23. The van der Waals surface area contributed by atoms with Gasteiger partial charge >= 0.3 is 0 Å². The van der Waals surface area contributed by atoms with Crippen molar-refractivity contribution in [2.75, 3.05) is 4.90 Å². The van der Waals surface area contributed by atoms with Gasteiger partial charge in [-0.1, -0.05) is 128 Å². The van der Waals surface area contributed by atoms with Crippen molar-refractivity contribution in [3.05, 3.63) is 267 Å². The molecule has 0 radical (unpaired) electrons. The lowest BCUT2D eigenvalue weighted by molar-refractivity contribution is 1.18. The monoisotopic (exact) mass is 1030 g/mol. The van der Waals surface area contributed by atoms with Crippen LogP contribution in [0.15, 0.2) is 262 Å². The summed E-state index contributed by atoms with van der Waals surface area (Å²) in [5.74, 6) is 0. The van der Waals surface area contributed by atoms with E-state index < -0.39 is 0 Å². The molecule has 0 amide bonds. The van der Waals surface area contributed by atoms with Gasteiger partial charge in [-0.15, -0.1) is 22.7 Å². The minimum Gasteiger partial charge on any atom is -0.316 e. The lowest BCUT2D eigenvalue weighted by Crippen LogP contribution is -2.11. The smallest absolute Gasteiger partial charge is 0.0548 e. The Balaban J connectivity index is 0.771. The molecule has 4 nitrogen and oxygen atoms in total. The fourth-order valence-corrected chi connectivity index (χ4v) is 15.2. The summed E-state index contributed by atoms with van der Waals surface area (Å²) in [4.78, 5) is 2.35. The molecular formula is C72H44N4S2. The number of anilines is 2. The molecular weight excluding hydrogens is 985 g/mol. The fraction of sp³-hybridized carbons (Fsp3) is 0. The molecule has 0 aliphatic carbocycles. The first-order valence-corrected chi connectivity index (χ1v) is 28.1. The van der Waals surface area contributed by atoms with E-state index in [-0.39, 0.29) is 0 Å². The summed E-state index contributed by atoms with van der Waals surface area (Å²) in [6, 6.07) is 85.3. The minimum atomic E-state index is 0.994. The van der Waals surface area contributed by atoms with Gasteiger partial charge in [0.1, 0.15) is 0 Å². The first-order chi connectivity index (χ1) is 38.6. The zero-order chi connectivity index (χ0) is 51.2. The minimum absolute atomic E-state index is 0.994. The molecule has 0 atom stereocenters. The Bertz CT molecular complexity index is 5250. The van der Waals surface area contributed by atoms with Crippen LogP contribution in [0.3, 0.4) is 0 Å². The number of fused-ring (bicyclic) bond motifs is 17. The van der Waals surface area contributed by atoms with E-state index in [1.165, 1.54) is 128 Å². The van der Waals surface area contributed by atoms with Crippen LogP contribution in [0.25, 0.3) is 140 Å². The van der Waals surface area contributed by atoms with Crippen molar-refractivity contribution in [1.82, 2.24) is 13.7 Å². The summed E-state index contributed by atoms with van der Waals surface area (Å²) < 4.78 is 12.3. The third-order valence-electron chi connectivity index (χ3n) is 16.3. The maximum atomic E-state index is 4.72. The van der Waals surface area contributed by atoms with Gasteiger partial charge < -0.3 is 18.6 Å². The van der Waals surface area contributed by atoms with Crippen LogP contribution >= 0.6 is 22.7 Å². The number of nitrogens with zero attached hydrogens (tertiary/aromatic N) is 4. The first-order valence-electron chi connectivity index (χ1n) is 26.5. The van der Waals surface area contributed by atoms with E-state index >= 15 is 0 Å². The molecule has 0 bridgehead atoms. The van der Waals surface area contributed by atoms with E-state index in [0.29, 0.717) is 0 Å². The van der Waals surface area contributed by atoms with Gasteiger partial charge in [-0.25, -0.2) is 0 Å². The number of rotatable bonds is 5. The van der Waals surface area contributed by atoms with Crippen molar-refractivity contribution in [3.63, 3.8) is 0 Å². The maximum Gasteiger partial charge on any atom is 0.0548 e. The quantitative estimate of drug-likeness (QED) is 0.168. The summed E-state index contributed by atoms with van der Waals surface area (Å²) in [5.41, 5.74) is 17.5. The van der Waals surface area contributed by atoms with E-state index in [1.54, 1.807) is 0 Å². The molecule has 0 spiro atoms. The number of allylic oxidation sites excluding steroid dienone is 4. The second-order valence-electron chi connectivity index (χ2n) is 20.6. The van der Waals surface area contributed by atoms with Gasteiger partial charge in [0.25, 0.3) is 0 Å². The number of para-hydroxylation sites is 5. The molecule has 1 aliphatic rings. The van der Waals surface area contributed by atoms with Gasteiger partial charge in [0.2, 0.25) is 0 Å². The van der Waals surface area contributed by atoms with Crippen LogP contribution in [0.1, 0.15) is 5.56 Å². The van der Waals surface area contributed by atoms with E-state index in [4.69, 9.17) is 6.58 Å². The van der Waals surface area contributed by atoms with E-state index in [9.17, 15) is 0 Å².